The van der Waals surface area contributed by atoms with Crippen LogP contribution in [0, 0.1) is 5.92 Å². The lowest BCUT2D eigenvalue weighted by molar-refractivity contribution is 0.0906. The first-order chi connectivity index (χ1) is 5.86. The van der Waals surface area contributed by atoms with Crippen LogP contribution in [0.5, 0.6) is 0 Å². The van der Waals surface area contributed by atoms with Gasteiger partial charge in [0, 0.05) is 6.04 Å². The second-order valence-electron chi connectivity index (χ2n) is 4.31. The van der Waals surface area contributed by atoms with Crippen molar-refractivity contribution in [1.82, 2.24) is 5.32 Å². The predicted molar refractivity (Wildman–Crippen MR) is 49.0 cm³/mol. The summed E-state index contributed by atoms with van der Waals surface area (Å²) in [5, 5.41) is 13.1. The molecular formula is C10H19NO. The molecule has 2 atom stereocenters. The third kappa shape index (κ3) is 2.20. The van der Waals surface area contributed by atoms with E-state index in [0.29, 0.717) is 6.04 Å². The van der Waals surface area contributed by atoms with Gasteiger partial charge < -0.3 is 10.4 Å². The van der Waals surface area contributed by atoms with Gasteiger partial charge in [0.25, 0.3) is 0 Å². The van der Waals surface area contributed by atoms with E-state index in [9.17, 15) is 5.11 Å². The van der Waals surface area contributed by atoms with Gasteiger partial charge in [0.1, 0.15) is 0 Å². The second kappa shape index (κ2) is 3.75. The van der Waals surface area contributed by atoms with Gasteiger partial charge in [0.15, 0.2) is 0 Å². The smallest absolute Gasteiger partial charge is 0.0693 e. The zero-order valence-electron chi connectivity index (χ0n) is 7.63. The molecule has 0 aromatic carbocycles. The molecular weight excluding hydrogens is 150 g/mol. The Labute approximate surface area is 74.4 Å². The lowest BCUT2D eigenvalue weighted by atomic mass is 9.92. The maximum Gasteiger partial charge on any atom is 0.0693 e. The molecule has 0 aliphatic heterocycles. The first-order valence-electron chi connectivity index (χ1n) is 5.28. The molecule has 2 saturated carbocycles. The highest BCUT2D eigenvalue weighted by Gasteiger charge is 2.26. The summed E-state index contributed by atoms with van der Waals surface area (Å²) in [6, 6.07) is 0.402. The Hall–Kier alpha value is -0.0800. The van der Waals surface area contributed by atoms with E-state index in [-0.39, 0.29) is 6.10 Å². The lowest BCUT2D eigenvalue weighted by Crippen LogP contribution is -2.42. The van der Waals surface area contributed by atoms with E-state index in [1.165, 1.54) is 32.1 Å². The van der Waals surface area contributed by atoms with Gasteiger partial charge in [0.2, 0.25) is 0 Å². The Balaban J connectivity index is 1.68. The average molecular weight is 169 g/mol. The molecule has 2 nitrogen and oxygen atoms in total. The maximum atomic E-state index is 9.64. The van der Waals surface area contributed by atoms with Crippen molar-refractivity contribution in [2.75, 3.05) is 6.54 Å². The minimum absolute atomic E-state index is 0.0718. The summed E-state index contributed by atoms with van der Waals surface area (Å²) in [5.41, 5.74) is 0. The van der Waals surface area contributed by atoms with E-state index < -0.39 is 0 Å². The molecule has 0 radical (unpaired) electrons. The molecule has 70 valence electrons. The molecule has 2 aliphatic carbocycles. The molecule has 0 spiro atoms. The van der Waals surface area contributed by atoms with E-state index in [0.717, 1.165) is 18.9 Å². The van der Waals surface area contributed by atoms with Crippen molar-refractivity contribution in [1.29, 1.82) is 0 Å². The molecule has 2 N–H and O–H groups in total. The zero-order chi connectivity index (χ0) is 8.39. The summed E-state index contributed by atoms with van der Waals surface area (Å²) >= 11 is 0. The molecule has 2 rings (SSSR count). The number of aliphatic hydroxyl groups is 1. The van der Waals surface area contributed by atoms with Crippen LogP contribution >= 0.6 is 0 Å². The molecule has 2 fully saturated rings. The largest absolute Gasteiger partial charge is 0.392 e. The first-order valence-corrected chi connectivity index (χ1v) is 5.28. The number of hydrogen-bond acceptors (Lipinski definition) is 2. The van der Waals surface area contributed by atoms with Crippen LogP contribution in [0.3, 0.4) is 0 Å². The summed E-state index contributed by atoms with van der Waals surface area (Å²) in [4.78, 5) is 0. The van der Waals surface area contributed by atoms with Crippen LogP contribution in [-0.4, -0.2) is 23.8 Å². The summed E-state index contributed by atoms with van der Waals surface area (Å²) in [6.07, 6.45) is 7.40. The lowest BCUT2D eigenvalue weighted by Gasteiger charge is -2.28. The van der Waals surface area contributed by atoms with Gasteiger partial charge in [0.05, 0.1) is 6.10 Å². The maximum absolute atomic E-state index is 9.64. The van der Waals surface area contributed by atoms with Crippen LogP contribution in [0.4, 0.5) is 0 Å². The third-order valence-corrected chi connectivity index (χ3v) is 3.10. The van der Waals surface area contributed by atoms with E-state index in [1.807, 2.05) is 0 Å². The Bertz CT molecular complexity index is 145. The number of hydrogen-bond donors (Lipinski definition) is 2. The molecule has 0 amide bonds. The number of nitrogens with one attached hydrogen (secondary N) is 1. The fraction of sp³-hybridized carbons (Fsp3) is 1.00. The van der Waals surface area contributed by atoms with Crippen molar-refractivity contribution in [3.8, 4) is 0 Å². The van der Waals surface area contributed by atoms with Crippen LogP contribution in [-0.2, 0) is 0 Å². The van der Waals surface area contributed by atoms with Crippen LogP contribution in [0.2, 0.25) is 0 Å². The molecule has 0 aromatic rings. The summed E-state index contributed by atoms with van der Waals surface area (Å²) < 4.78 is 0. The molecule has 2 heteroatoms. The van der Waals surface area contributed by atoms with Gasteiger partial charge in [-0.2, -0.15) is 0 Å². The molecule has 0 bridgehead atoms. The van der Waals surface area contributed by atoms with Gasteiger partial charge >= 0.3 is 0 Å². The Morgan fingerprint density at radius 1 is 1.08 bits per heavy atom. The van der Waals surface area contributed by atoms with Crippen molar-refractivity contribution < 1.29 is 5.11 Å². The van der Waals surface area contributed by atoms with Gasteiger partial charge in [-0.1, -0.05) is 12.8 Å². The Morgan fingerprint density at radius 3 is 2.50 bits per heavy atom. The normalized spacial score (nSPS) is 36.8. The average Bonchev–Trinajstić information content (AvgIpc) is 2.86. The van der Waals surface area contributed by atoms with Crippen molar-refractivity contribution in [2.24, 2.45) is 5.92 Å². The van der Waals surface area contributed by atoms with Crippen LogP contribution in [0.15, 0.2) is 0 Å². The molecule has 0 aromatic heterocycles. The minimum atomic E-state index is -0.0718. The van der Waals surface area contributed by atoms with Crippen molar-refractivity contribution in [2.45, 2.75) is 50.7 Å². The number of rotatable bonds is 3. The predicted octanol–water partition coefficient (Wildman–Crippen LogP) is 1.29. The highest BCUT2D eigenvalue weighted by atomic mass is 16.3. The van der Waals surface area contributed by atoms with Crippen LogP contribution in [0.25, 0.3) is 0 Å². The number of aliphatic hydroxyl groups excluding tert-OH is 1. The van der Waals surface area contributed by atoms with E-state index >= 15 is 0 Å². The highest BCUT2D eigenvalue weighted by Crippen LogP contribution is 2.28. The van der Waals surface area contributed by atoms with E-state index in [4.69, 9.17) is 0 Å². The van der Waals surface area contributed by atoms with E-state index in [2.05, 4.69) is 5.32 Å². The highest BCUT2D eigenvalue weighted by molar-refractivity contribution is 4.83. The van der Waals surface area contributed by atoms with E-state index in [1.54, 1.807) is 0 Å². The molecule has 0 heterocycles. The first kappa shape index (κ1) is 8.52. The monoisotopic (exact) mass is 169 g/mol. The van der Waals surface area contributed by atoms with Crippen LogP contribution < -0.4 is 5.32 Å². The fourth-order valence-corrected chi connectivity index (χ4v) is 1.99. The summed E-state index contributed by atoms with van der Waals surface area (Å²) in [7, 11) is 0. The molecule has 0 unspecified atom stereocenters. The van der Waals surface area contributed by atoms with Gasteiger partial charge in [-0.15, -0.1) is 0 Å². The molecule has 12 heavy (non-hydrogen) atoms. The van der Waals surface area contributed by atoms with Crippen LogP contribution in [0.1, 0.15) is 38.5 Å². The van der Waals surface area contributed by atoms with Crippen molar-refractivity contribution in [3.63, 3.8) is 0 Å². The Morgan fingerprint density at radius 2 is 1.83 bits per heavy atom. The van der Waals surface area contributed by atoms with Crippen molar-refractivity contribution >= 4 is 0 Å². The minimum Gasteiger partial charge on any atom is -0.392 e. The van der Waals surface area contributed by atoms with Gasteiger partial charge in [-0.3, -0.25) is 0 Å². The summed E-state index contributed by atoms with van der Waals surface area (Å²) in [6.45, 7) is 1.14. The SMILES string of the molecule is O[C@H]1CCCC[C@H]1NCC1CC1. The molecule has 2 aliphatic rings. The third-order valence-electron chi connectivity index (χ3n) is 3.10. The Kier molecular flexibility index (Phi) is 2.66. The standard InChI is InChI=1S/C10H19NO/c12-10-4-2-1-3-9(10)11-7-8-5-6-8/h8-12H,1-7H2/t9-,10+/m1/s1. The second-order valence-corrected chi connectivity index (χ2v) is 4.31. The quantitative estimate of drug-likeness (QED) is 0.667. The van der Waals surface area contributed by atoms with Crippen molar-refractivity contribution in [3.05, 3.63) is 0 Å². The topological polar surface area (TPSA) is 32.3 Å². The van der Waals surface area contributed by atoms with Gasteiger partial charge in [-0.25, -0.2) is 0 Å². The van der Waals surface area contributed by atoms with Gasteiger partial charge in [-0.05, 0) is 38.1 Å². The summed E-state index contributed by atoms with van der Waals surface area (Å²) in [5.74, 6) is 0.930. The zero-order valence-corrected chi connectivity index (χ0v) is 7.63. The fourth-order valence-electron chi connectivity index (χ4n) is 1.99. The molecule has 0 saturated heterocycles.